The molecule has 1 aromatic carbocycles. The minimum atomic E-state index is -0.194. The van der Waals surface area contributed by atoms with Crippen LogP contribution in [0.4, 0.5) is 10.1 Å². The molecule has 1 aromatic rings. The smallest absolute Gasteiger partial charge is 0.194 e. The van der Waals surface area contributed by atoms with Crippen LogP contribution in [0.5, 0.6) is 0 Å². The van der Waals surface area contributed by atoms with Crippen molar-refractivity contribution < 1.29 is 13.9 Å². The molecule has 0 amide bonds. The first kappa shape index (κ1) is 20.5. The van der Waals surface area contributed by atoms with Crippen LogP contribution in [0.15, 0.2) is 29.3 Å². The number of rotatable bonds is 9. The summed E-state index contributed by atoms with van der Waals surface area (Å²) in [5, 5.41) is 3.37. The molecule has 1 aliphatic heterocycles. The van der Waals surface area contributed by atoms with Gasteiger partial charge in [0.15, 0.2) is 5.96 Å². The van der Waals surface area contributed by atoms with E-state index in [1.165, 1.54) is 12.1 Å². The summed E-state index contributed by atoms with van der Waals surface area (Å²) in [7, 11) is 1.67. The molecule has 0 atom stereocenters. The van der Waals surface area contributed by atoms with Gasteiger partial charge in [-0.05, 0) is 37.6 Å². The molecule has 7 heteroatoms. The summed E-state index contributed by atoms with van der Waals surface area (Å²) in [5.74, 6) is 0.767. The van der Waals surface area contributed by atoms with Gasteiger partial charge >= 0.3 is 0 Å². The molecule has 0 saturated carbocycles. The van der Waals surface area contributed by atoms with Crippen molar-refractivity contribution in [2.75, 3.05) is 71.1 Å². The van der Waals surface area contributed by atoms with E-state index < -0.39 is 0 Å². The molecule has 1 fully saturated rings. The van der Waals surface area contributed by atoms with E-state index in [2.05, 4.69) is 22.0 Å². The molecule has 1 aliphatic rings. The molecule has 0 aliphatic carbocycles. The van der Waals surface area contributed by atoms with E-state index in [9.17, 15) is 4.39 Å². The first-order chi connectivity index (χ1) is 12.7. The maximum atomic E-state index is 13.1. The Morgan fingerprint density at radius 3 is 2.50 bits per heavy atom. The number of methoxy groups -OCH3 is 1. The van der Waals surface area contributed by atoms with Crippen LogP contribution in [-0.4, -0.2) is 77.1 Å². The summed E-state index contributed by atoms with van der Waals surface area (Å²) in [5.41, 5.74) is 1.07. The topological polar surface area (TPSA) is 49.3 Å². The van der Waals surface area contributed by atoms with Crippen LogP contribution < -0.4 is 10.2 Å². The fourth-order valence-electron chi connectivity index (χ4n) is 2.85. The van der Waals surface area contributed by atoms with Crippen molar-refractivity contribution in [2.24, 2.45) is 4.99 Å². The summed E-state index contributed by atoms with van der Waals surface area (Å²) in [6.07, 6.45) is 0.897. The Morgan fingerprint density at radius 2 is 1.85 bits per heavy atom. The Kier molecular flexibility index (Phi) is 9.20. The van der Waals surface area contributed by atoms with Crippen LogP contribution >= 0.6 is 0 Å². The maximum Gasteiger partial charge on any atom is 0.194 e. The van der Waals surface area contributed by atoms with E-state index in [4.69, 9.17) is 14.5 Å². The van der Waals surface area contributed by atoms with Gasteiger partial charge in [-0.3, -0.25) is 4.99 Å². The molecule has 6 nitrogen and oxygen atoms in total. The number of nitrogens with one attached hydrogen (secondary N) is 1. The standard InChI is InChI=1S/C19H31FN4O2/c1-3-21-19(22-9-4-14-26-16-15-25-2)24-12-10-23(11-13-24)18-7-5-17(20)6-8-18/h5-8H,3-4,9-16H2,1-2H3,(H,21,22). The molecular weight excluding hydrogens is 335 g/mol. The van der Waals surface area contributed by atoms with E-state index in [1.807, 2.05) is 12.1 Å². The Bertz CT molecular complexity index is 531. The number of hydrogen-bond acceptors (Lipinski definition) is 4. The van der Waals surface area contributed by atoms with Gasteiger partial charge in [-0.15, -0.1) is 0 Å². The third kappa shape index (κ3) is 6.80. The quantitative estimate of drug-likeness (QED) is 0.411. The molecule has 0 aromatic heterocycles. The second kappa shape index (κ2) is 11.7. The molecule has 0 bridgehead atoms. The highest BCUT2D eigenvalue weighted by atomic mass is 19.1. The summed E-state index contributed by atoms with van der Waals surface area (Å²) < 4.78 is 23.5. The summed E-state index contributed by atoms with van der Waals surface area (Å²) in [6, 6.07) is 6.71. The molecule has 146 valence electrons. The van der Waals surface area contributed by atoms with Crippen molar-refractivity contribution in [3.05, 3.63) is 30.1 Å². The van der Waals surface area contributed by atoms with E-state index in [0.29, 0.717) is 19.8 Å². The van der Waals surface area contributed by atoms with Crippen LogP contribution in [-0.2, 0) is 9.47 Å². The minimum absolute atomic E-state index is 0.194. The monoisotopic (exact) mass is 366 g/mol. The second-order valence-corrected chi connectivity index (χ2v) is 6.14. The van der Waals surface area contributed by atoms with Crippen molar-refractivity contribution in [2.45, 2.75) is 13.3 Å². The van der Waals surface area contributed by atoms with Crippen LogP contribution in [0, 0.1) is 5.82 Å². The average molecular weight is 366 g/mol. The SMILES string of the molecule is CCNC(=NCCCOCCOC)N1CCN(c2ccc(F)cc2)CC1. The van der Waals surface area contributed by atoms with Crippen LogP contribution in [0.25, 0.3) is 0 Å². The molecule has 0 unspecified atom stereocenters. The number of guanidine groups is 1. The molecule has 1 N–H and O–H groups in total. The number of anilines is 1. The van der Waals surface area contributed by atoms with Crippen molar-refractivity contribution in [1.82, 2.24) is 10.2 Å². The number of nitrogens with zero attached hydrogens (tertiary/aromatic N) is 3. The predicted molar refractivity (Wildman–Crippen MR) is 103 cm³/mol. The molecule has 0 spiro atoms. The average Bonchev–Trinajstić information content (AvgIpc) is 2.67. The lowest BCUT2D eigenvalue weighted by atomic mass is 10.2. The normalized spacial score (nSPS) is 15.4. The number of ether oxygens (including phenoxy) is 2. The summed E-state index contributed by atoms with van der Waals surface area (Å²) in [6.45, 7) is 9.22. The Hall–Kier alpha value is -1.86. The Balaban J connectivity index is 1.77. The minimum Gasteiger partial charge on any atom is -0.382 e. The van der Waals surface area contributed by atoms with Gasteiger partial charge in [0, 0.05) is 58.7 Å². The van der Waals surface area contributed by atoms with Gasteiger partial charge < -0.3 is 24.6 Å². The fraction of sp³-hybridized carbons (Fsp3) is 0.632. The molecule has 1 heterocycles. The number of piperazine rings is 1. The van der Waals surface area contributed by atoms with Gasteiger partial charge in [-0.25, -0.2) is 4.39 Å². The summed E-state index contributed by atoms with van der Waals surface area (Å²) >= 11 is 0. The molecule has 2 rings (SSSR count). The van der Waals surface area contributed by atoms with Gasteiger partial charge in [0.05, 0.1) is 13.2 Å². The maximum absolute atomic E-state index is 13.1. The van der Waals surface area contributed by atoms with E-state index in [0.717, 1.165) is 57.3 Å². The first-order valence-electron chi connectivity index (χ1n) is 9.35. The lowest BCUT2D eigenvalue weighted by Gasteiger charge is -2.37. The largest absolute Gasteiger partial charge is 0.382 e. The van der Waals surface area contributed by atoms with Crippen LogP contribution in [0.2, 0.25) is 0 Å². The molecule has 1 saturated heterocycles. The molecule has 26 heavy (non-hydrogen) atoms. The van der Waals surface area contributed by atoms with Crippen molar-refractivity contribution >= 4 is 11.6 Å². The van der Waals surface area contributed by atoms with Crippen LogP contribution in [0.3, 0.4) is 0 Å². The molecular formula is C19H31FN4O2. The van der Waals surface area contributed by atoms with Crippen molar-refractivity contribution in [3.63, 3.8) is 0 Å². The zero-order chi connectivity index (χ0) is 18.6. The highest BCUT2D eigenvalue weighted by Crippen LogP contribution is 2.16. The number of hydrogen-bond donors (Lipinski definition) is 1. The Labute approximate surface area is 156 Å². The zero-order valence-electron chi connectivity index (χ0n) is 15.9. The highest BCUT2D eigenvalue weighted by Gasteiger charge is 2.19. The molecule has 0 radical (unpaired) electrons. The predicted octanol–water partition coefficient (Wildman–Crippen LogP) is 1.97. The second-order valence-electron chi connectivity index (χ2n) is 6.14. The summed E-state index contributed by atoms with van der Waals surface area (Å²) in [4.78, 5) is 9.28. The van der Waals surface area contributed by atoms with E-state index >= 15 is 0 Å². The Morgan fingerprint density at radius 1 is 1.12 bits per heavy atom. The van der Waals surface area contributed by atoms with E-state index in [1.54, 1.807) is 7.11 Å². The van der Waals surface area contributed by atoms with Gasteiger partial charge in [-0.2, -0.15) is 0 Å². The van der Waals surface area contributed by atoms with Crippen molar-refractivity contribution in [1.29, 1.82) is 0 Å². The third-order valence-corrected chi connectivity index (χ3v) is 4.25. The highest BCUT2D eigenvalue weighted by molar-refractivity contribution is 5.80. The van der Waals surface area contributed by atoms with Gasteiger partial charge in [0.25, 0.3) is 0 Å². The number of aliphatic imine (C=N–C) groups is 1. The fourth-order valence-corrected chi connectivity index (χ4v) is 2.85. The van der Waals surface area contributed by atoms with E-state index in [-0.39, 0.29) is 5.82 Å². The number of halogens is 1. The third-order valence-electron chi connectivity index (χ3n) is 4.25. The number of benzene rings is 1. The van der Waals surface area contributed by atoms with Gasteiger partial charge in [0.2, 0.25) is 0 Å². The van der Waals surface area contributed by atoms with Crippen molar-refractivity contribution in [3.8, 4) is 0 Å². The van der Waals surface area contributed by atoms with Crippen LogP contribution in [0.1, 0.15) is 13.3 Å². The van der Waals surface area contributed by atoms with Gasteiger partial charge in [0.1, 0.15) is 5.82 Å². The lowest BCUT2D eigenvalue weighted by Crippen LogP contribution is -2.52. The van der Waals surface area contributed by atoms with Gasteiger partial charge in [-0.1, -0.05) is 0 Å². The first-order valence-corrected chi connectivity index (χ1v) is 9.35. The zero-order valence-corrected chi connectivity index (χ0v) is 15.9. The lowest BCUT2D eigenvalue weighted by molar-refractivity contribution is 0.0702.